The number of carbonyl (C=O) groups excluding carboxylic acids is 1. The molecule has 0 saturated heterocycles. The second-order valence-corrected chi connectivity index (χ2v) is 6.87. The summed E-state index contributed by atoms with van der Waals surface area (Å²) in [7, 11) is 0. The Morgan fingerprint density at radius 2 is 1.93 bits per heavy atom. The van der Waals surface area contributed by atoms with E-state index < -0.39 is 0 Å². The zero-order valence-electron chi connectivity index (χ0n) is 16.0. The number of amides is 1. The summed E-state index contributed by atoms with van der Waals surface area (Å²) in [4.78, 5) is 19.9. The van der Waals surface area contributed by atoms with E-state index in [-0.39, 0.29) is 11.7 Å². The number of nitrogens with zero attached hydrogens (tertiary/aromatic N) is 2. The van der Waals surface area contributed by atoms with Gasteiger partial charge >= 0.3 is 0 Å². The molecule has 0 bridgehead atoms. The normalized spacial score (nSPS) is 11.1. The van der Waals surface area contributed by atoms with Gasteiger partial charge in [-0.2, -0.15) is 4.98 Å². The van der Waals surface area contributed by atoms with Gasteiger partial charge in [0.2, 0.25) is 11.8 Å². The molecule has 7 heteroatoms. The van der Waals surface area contributed by atoms with Crippen molar-refractivity contribution in [1.82, 2.24) is 20.4 Å². The first-order valence-electron chi connectivity index (χ1n) is 9.51. The van der Waals surface area contributed by atoms with Gasteiger partial charge in [0.05, 0.1) is 0 Å². The highest BCUT2D eigenvalue weighted by atomic mass is 19.1. The predicted octanol–water partition coefficient (Wildman–Crippen LogP) is 3.96. The van der Waals surface area contributed by atoms with Gasteiger partial charge in [-0.05, 0) is 54.8 Å². The number of hydrogen-bond acceptors (Lipinski definition) is 4. The molecule has 0 fully saturated rings. The fourth-order valence-electron chi connectivity index (χ4n) is 3.40. The summed E-state index contributed by atoms with van der Waals surface area (Å²) in [6.07, 6.45) is 1.42. The van der Waals surface area contributed by atoms with Crippen molar-refractivity contribution in [3.8, 4) is 11.3 Å². The number of nitrogens with one attached hydrogen (secondary N) is 2. The molecule has 1 amide bonds. The Morgan fingerprint density at radius 3 is 2.69 bits per heavy atom. The summed E-state index contributed by atoms with van der Waals surface area (Å²) in [5, 5.41) is 7.69. The van der Waals surface area contributed by atoms with E-state index >= 15 is 0 Å². The average Bonchev–Trinajstić information content (AvgIpc) is 3.30. The Morgan fingerprint density at radius 1 is 1.14 bits per heavy atom. The van der Waals surface area contributed by atoms with Crippen molar-refractivity contribution in [3.63, 3.8) is 0 Å². The molecule has 0 unspecified atom stereocenters. The number of carbonyl (C=O) groups is 1. The summed E-state index contributed by atoms with van der Waals surface area (Å²) in [5.74, 6) is 0.774. The minimum atomic E-state index is -0.276. The van der Waals surface area contributed by atoms with Gasteiger partial charge < -0.3 is 14.8 Å². The van der Waals surface area contributed by atoms with E-state index in [0.717, 1.165) is 27.7 Å². The number of fused-ring (bicyclic) bond motifs is 1. The molecule has 2 aromatic carbocycles. The van der Waals surface area contributed by atoms with Crippen molar-refractivity contribution in [3.05, 3.63) is 71.6 Å². The molecule has 0 radical (unpaired) electrons. The van der Waals surface area contributed by atoms with E-state index in [2.05, 4.69) is 20.4 Å². The van der Waals surface area contributed by atoms with Crippen LogP contribution in [0.5, 0.6) is 0 Å². The van der Waals surface area contributed by atoms with E-state index in [1.807, 2.05) is 24.3 Å². The van der Waals surface area contributed by atoms with E-state index in [1.54, 1.807) is 19.1 Å². The number of hydrogen-bond donors (Lipinski definition) is 2. The average molecular weight is 392 g/mol. The third-order valence-electron chi connectivity index (χ3n) is 4.78. The minimum Gasteiger partial charge on any atom is -0.356 e. The molecule has 0 spiro atoms. The number of halogens is 1. The maximum atomic E-state index is 13.3. The summed E-state index contributed by atoms with van der Waals surface area (Å²) in [6, 6.07) is 14.3. The largest absolute Gasteiger partial charge is 0.356 e. The Bertz CT molecular complexity index is 1130. The Balaban J connectivity index is 1.46. The van der Waals surface area contributed by atoms with Crippen LogP contribution in [-0.2, 0) is 17.6 Å². The van der Waals surface area contributed by atoms with E-state index in [1.165, 1.54) is 12.1 Å². The van der Waals surface area contributed by atoms with Crippen molar-refractivity contribution in [2.45, 2.75) is 26.2 Å². The lowest BCUT2D eigenvalue weighted by molar-refractivity contribution is -0.121. The molecule has 4 rings (SSSR count). The van der Waals surface area contributed by atoms with Crippen LogP contribution in [0.1, 0.15) is 23.7 Å². The highest BCUT2D eigenvalue weighted by molar-refractivity contribution is 5.91. The number of aromatic nitrogens is 3. The lowest BCUT2D eigenvalue weighted by Gasteiger charge is -2.07. The van der Waals surface area contributed by atoms with Gasteiger partial charge in [-0.1, -0.05) is 23.4 Å². The van der Waals surface area contributed by atoms with Crippen LogP contribution in [0.4, 0.5) is 4.39 Å². The van der Waals surface area contributed by atoms with Crippen LogP contribution in [0, 0.1) is 12.7 Å². The van der Waals surface area contributed by atoms with Crippen molar-refractivity contribution >= 4 is 16.8 Å². The van der Waals surface area contributed by atoms with Crippen LogP contribution in [0.2, 0.25) is 0 Å². The topological polar surface area (TPSA) is 83.8 Å². The molecule has 4 aromatic rings. The Hall–Kier alpha value is -3.48. The standard InChI is InChI=1S/C22H21FN4O2/c1-14-25-21(29-27-14)12-13-24-20(28)11-10-18-17-4-2-3-5-19(17)26-22(18)15-6-8-16(23)9-7-15/h2-9,26H,10-13H2,1H3,(H,24,28). The zero-order valence-corrected chi connectivity index (χ0v) is 16.0. The van der Waals surface area contributed by atoms with E-state index in [0.29, 0.717) is 37.5 Å². The van der Waals surface area contributed by atoms with Crippen molar-refractivity contribution in [2.75, 3.05) is 6.54 Å². The molecule has 2 aromatic heterocycles. The molecule has 0 atom stereocenters. The van der Waals surface area contributed by atoms with Gasteiger partial charge in [-0.3, -0.25) is 4.79 Å². The first-order valence-corrected chi connectivity index (χ1v) is 9.51. The summed E-state index contributed by atoms with van der Waals surface area (Å²) < 4.78 is 18.4. The zero-order chi connectivity index (χ0) is 20.2. The van der Waals surface area contributed by atoms with Gasteiger partial charge in [-0.15, -0.1) is 0 Å². The maximum absolute atomic E-state index is 13.3. The number of rotatable bonds is 7. The van der Waals surface area contributed by atoms with Crippen LogP contribution in [-0.4, -0.2) is 27.6 Å². The van der Waals surface area contributed by atoms with E-state index in [4.69, 9.17) is 4.52 Å². The van der Waals surface area contributed by atoms with Gasteiger partial charge in [0.1, 0.15) is 5.82 Å². The van der Waals surface area contributed by atoms with Gasteiger partial charge in [0.25, 0.3) is 0 Å². The fourth-order valence-corrected chi connectivity index (χ4v) is 3.40. The second-order valence-electron chi connectivity index (χ2n) is 6.87. The Kier molecular flexibility index (Phi) is 5.37. The second kappa shape index (κ2) is 8.26. The lowest BCUT2D eigenvalue weighted by Crippen LogP contribution is -2.26. The predicted molar refractivity (Wildman–Crippen MR) is 108 cm³/mol. The minimum absolute atomic E-state index is 0.0448. The van der Waals surface area contributed by atoms with Crippen LogP contribution in [0.25, 0.3) is 22.2 Å². The number of aromatic amines is 1. The summed E-state index contributed by atoms with van der Waals surface area (Å²) in [5.41, 5.74) is 3.86. The molecule has 6 nitrogen and oxygen atoms in total. The summed E-state index contributed by atoms with van der Waals surface area (Å²) in [6.45, 7) is 2.20. The molecule has 0 saturated carbocycles. The van der Waals surface area contributed by atoms with Crippen molar-refractivity contribution in [1.29, 1.82) is 0 Å². The molecule has 0 aliphatic rings. The molecule has 2 N–H and O–H groups in total. The van der Waals surface area contributed by atoms with Crippen LogP contribution < -0.4 is 5.32 Å². The van der Waals surface area contributed by atoms with Crippen molar-refractivity contribution in [2.24, 2.45) is 0 Å². The number of H-pyrrole nitrogens is 1. The van der Waals surface area contributed by atoms with Crippen LogP contribution in [0.3, 0.4) is 0 Å². The molecule has 29 heavy (non-hydrogen) atoms. The van der Waals surface area contributed by atoms with Crippen LogP contribution in [0.15, 0.2) is 53.1 Å². The highest BCUT2D eigenvalue weighted by Crippen LogP contribution is 2.31. The van der Waals surface area contributed by atoms with Gasteiger partial charge in [-0.25, -0.2) is 4.39 Å². The van der Waals surface area contributed by atoms with E-state index in [9.17, 15) is 9.18 Å². The monoisotopic (exact) mass is 392 g/mol. The molecular formula is C22H21FN4O2. The quantitative estimate of drug-likeness (QED) is 0.499. The molecule has 0 aliphatic carbocycles. The third kappa shape index (κ3) is 4.34. The van der Waals surface area contributed by atoms with Crippen LogP contribution >= 0.6 is 0 Å². The van der Waals surface area contributed by atoms with Gasteiger partial charge in [0.15, 0.2) is 5.82 Å². The number of aryl methyl sites for hydroxylation is 2. The summed E-state index contributed by atoms with van der Waals surface area (Å²) >= 11 is 0. The molecule has 148 valence electrons. The lowest BCUT2D eigenvalue weighted by atomic mass is 10.0. The molecule has 0 aliphatic heterocycles. The smallest absolute Gasteiger partial charge is 0.228 e. The molecule has 2 heterocycles. The fraction of sp³-hybridized carbons (Fsp3) is 0.227. The number of para-hydroxylation sites is 1. The highest BCUT2D eigenvalue weighted by Gasteiger charge is 2.14. The SMILES string of the molecule is Cc1noc(CCNC(=O)CCc2c(-c3ccc(F)cc3)[nH]c3ccccc23)n1. The third-order valence-corrected chi connectivity index (χ3v) is 4.78. The maximum Gasteiger partial charge on any atom is 0.228 e. The Labute approximate surface area is 167 Å². The number of benzene rings is 2. The van der Waals surface area contributed by atoms with Gasteiger partial charge in [0, 0.05) is 36.0 Å². The van der Waals surface area contributed by atoms with Crippen molar-refractivity contribution < 1.29 is 13.7 Å². The first kappa shape index (κ1) is 18.9. The molecular weight excluding hydrogens is 371 g/mol. The first-order chi connectivity index (χ1) is 14.1.